The van der Waals surface area contributed by atoms with Crippen molar-refractivity contribution in [2.24, 2.45) is 5.73 Å². The van der Waals surface area contributed by atoms with Crippen LogP contribution < -0.4 is 5.73 Å². The Bertz CT molecular complexity index is 553. The fourth-order valence-corrected chi connectivity index (χ4v) is 2.95. The Hall–Kier alpha value is -1.72. The molecule has 4 nitrogen and oxygen atoms in total. The van der Waals surface area contributed by atoms with Crippen LogP contribution in [0.15, 0.2) is 36.5 Å². The standard InChI is InChI=1S/C14H17N3OS/c1-10-16-8-12(19-10)9-17(2)13(14(15)18)11-6-4-3-5-7-11/h3-8,13H,9H2,1-2H3,(H2,15,18). The van der Waals surface area contributed by atoms with E-state index in [-0.39, 0.29) is 5.91 Å². The average Bonchev–Trinajstić information content (AvgIpc) is 2.75. The number of hydrogen-bond donors (Lipinski definition) is 1. The number of amides is 1. The lowest BCUT2D eigenvalue weighted by molar-refractivity contribution is -0.123. The Balaban J connectivity index is 2.18. The molecule has 2 N–H and O–H groups in total. The number of thiazole rings is 1. The first kappa shape index (κ1) is 13.7. The zero-order valence-corrected chi connectivity index (χ0v) is 11.9. The largest absolute Gasteiger partial charge is 0.368 e. The third-order valence-electron chi connectivity index (χ3n) is 2.90. The van der Waals surface area contributed by atoms with Gasteiger partial charge in [0, 0.05) is 17.6 Å². The van der Waals surface area contributed by atoms with Gasteiger partial charge in [0.05, 0.1) is 5.01 Å². The molecule has 0 aliphatic heterocycles. The van der Waals surface area contributed by atoms with Crippen molar-refractivity contribution in [3.05, 3.63) is 52.0 Å². The number of benzene rings is 1. The number of rotatable bonds is 5. The summed E-state index contributed by atoms with van der Waals surface area (Å²) < 4.78 is 0. The van der Waals surface area contributed by atoms with Crippen LogP contribution >= 0.6 is 11.3 Å². The normalized spacial score (nSPS) is 12.6. The first-order chi connectivity index (χ1) is 9.08. The maximum atomic E-state index is 11.7. The Kier molecular flexibility index (Phi) is 4.29. The molecule has 0 spiro atoms. The topological polar surface area (TPSA) is 59.2 Å². The van der Waals surface area contributed by atoms with E-state index in [1.54, 1.807) is 11.3 Å². The first-order valence-electron chi connectivity index (χ1n) is 6.03. The molecule has 19 heavy (non-hydrogen) atoms. The minimum atomic E-state index is -0.413. The van der Waals surface area contributed by atoms with Crippen LogP contribution in [0.4, 0.5) is 0 Å². The van der Waals surface area contributed by atoms with E-state index >= 15 is 0 Å². The summed E-state index contributed by atoms with van der Waals surface area (Å²) in [5.41, 5.74) is 6.45. The minimum Gasteiger partial charge on any atom is -0.368 e. The monoisotopic (exact) mass is 275 g/mol. The highest BCUT2D eigenvalue weighted by atomic mass is 32.1. The molecule has 0 radical (unpaired) electrons. The lowest BCUT2D eigenvalue weighted by Gasteiger charge is -2.25. The maximum Gasteiger partial charge on any atom is 0.239 e. The second-order valence-electron chi connectivity index (χ2n) is 4.48. The van der Waals surface area contributed by atoms with Crippen LogP contribution in [0.2, 0.25) is 0 Å². The number of carbonyl (C=O) groups is 1. The van der Waals surface area contributed by atoms with E-state index in [0.717, 1.165) is 15.4 Å². The maximum absolute atomic E-state index is 11.7. The van der Waals surface area contributed by atoms with Crippen molar-refractivity contribution in [3.8, 4) is 0 Å². The lowest BCUT2D eigenvalue weighted by Crippen LogP contribution is -2.34. The van der Waals surface area contributed by atoms with Gasteiger partial charge in [0.25, 0.3) is 0 Å². The van der Waals surface area contributed by atoms with Crippen LogP contribution in [0.5, 0.6) is 0 Å². The Morgan fingerprint density at radius 1 is 1.42 bits per heavy atom. The molecule has 0 aliphatic carbocycles. The molecule has 1 aromatic carbocycles. The summed E-state index contributed by atoms with van der Waals surface area (Å²) in [6.07, 6.45) is 1.85. The molecule has 5 heteroatoms. The van der Waals surface area contributed by atoms with Gasteiger partial charge < -0.3 is 5.73 Å². The van der Waals surface area contributed by atoms with Crippen LogP contribution in [0.1, 0.15) is 21.5 Å². The third-order valence-corrected chi connectivity index (χ3v) is 3.80. The predicted molar refractivity (Wildman–Crippen MR) is 76.7 cm³/mol. The molecule has 1 atom stereocenters. The number of aromatic nitrogens is 1. The molecule has 0 bridgehead atoms. The van der Waals surface area contributed by atoms with Gasteiger partial charge in [0.2, 0.25) is 5.91 Å². The highest BCUT2D eigenvalue weighted by Gasteiger charge is 2.23. The molecule has 0 fully saturated rings. The SMILES string of the molecule is Cc1ncc(CN(C)C(C(N)=O)c2ccccc2)s1. The molecule has 1 amide bonds. The van der Waals surface area contributed by atoms with Crippen molar-refractivity contribution in [2.75, 3.05) is 7.05 Å². The predicted octanol–water partition coefficient (Wildman–Crippen LogP) is 2.11. The van der Waals surface area contributed by atoms with Crippen molar-refractivity contribution in [1.29, 1.82) is 0 Å². The van der Waals surface area contributed by atoms with Crippen molar-refractivity contribution in [2.45, 2.75) is 19.5 Å². The molecule has 0 aliphatic rings. The molecule has 0 saturated carbocycles. The summed E-state index contributed by atoms with van der Waals surface area (Å²) >= 11 is 1.64. The highest BCUT2D eigenvalue weighted by molar-refractivity contribution is 7.11. The average molecular weight is 275 g/mol. The van der Waals surface area contributed by atoms with Crippen LogP contribution in [0.3, 0.4) is 0 Å². The molecular formula is C14H17N3OS. The van der Waals surface area contributed by atoms with Gasteiger partial charge in [-0.05, 0) is 19.5 Å². The lowest BCUT2D eigenvalue weighted by atomic mass is 10.1. The number of primary amides is 1. The Morgan fingerprint density at radius 2 is 2.11 bits per heavy atom. The molecule has 1 unspecified atom stereocenters. The van der Waals surface area contributed by atoms with E-state index < -0.39 is 6.04 Å². The van der Waals surface area contributed by atoms with E-state index in [1.807, 2.05) is 55.4 Å². The second kappa shape index (κ2) is 5.95. The van der Waals surface area contributed by atoms with Crippen molar-refractivity contribution >= 4 is 17.2 Å². The van der Waals surface area contributed by atoms with E-state index in [2.05, 4.69) is 4.98 Å². The number of carbonyl (C=O) groups excluding carboxylic acids is 1. The number of nitrogens with zero attached hydrogens (tertiary/aromatic N) is 2. The molecule has 2 aromatic rings. The number of nitrogens with two attached hydrogens (primary N) is 1. The van der Waals surface area contributed by atoms with Crippen LogP contribution in [0.25, 0.3) is 0 Å². The van der Waals surface area contributed by atoms with Crippen LogP contribution in [-0.2, 0) is 11.3 Å². The molecular weight excluding hydrogens is 258 g/mol. The van der Waals surface area contributed by atoms with Crippen LogP contribution in [0, 0.1) is 6.92 Å². The van der Waals surface area contributed by atoms with Crippen molar-refractivity contribution < 1.29 is 4.79 Å². The highest BCUT2D eigenvalue weighted by Crippen LogP contribution is 2.22. The molecule has 0 saturated heterocycles. The summed E-state index contributed by atoms with van der Waals surface area (Å²) in [7, 11) is 1.90. The summed E-state index contributed by atoms with van der Waals surface area (Å²) in [6.45, 7) is 2.63. The van der Waals surface area contributed by atoms with Gasteiger partial charge in [0.1, 0.15) is 6.04 Å². The van der Waals surface area contributed by atoms with Gasteiger partial charge in [-0.1, -0.05) is 30.3 Å². The van der Waals surface area contributed by atoms with Gasteiger partial charge in [-0.15, -0.1) is 11.3 Å². The van der Waals surface area contributed by atoms with Gasteiger partial charge in [-0.3, -0.25) is 9.69 Å². The minimum absolute atomic E-state index is 0.338. The van der Waals surface area contributed by atoms with Crippen LogP contribution in [-0.4, -0.2) is 22.8 Å². The van der Waals surface area contributed by atoms with Crippen molar-refractivity contribution in [3.63, 3.8) is 0 Å². The molecule has 1 heterocycles. The zero-order chi connectivity index (χ0) is 13.8. The van der Waals surface area contributed by atoms with Gasteiger partial charge in [0.15, 0.2) is 0 Å². The third kappa shape index (κ3) is 3.39. The van der Waals surface area contributed by atoms with E-state index in [1.165, 1.54) is 0 Å². The molecule has 1 aromatic heterocycles. The summed E-state index contributed by atoms with van der Waals surface area (Å²) in [4.78, 5) is 19.0. The van der Waals surface area contributed by atoms with E-state index in [4.69, 9.17) is 5.73 Å². The fourth-order valence-electron chi connectivity index (χ4n) is 2.09. The van der Waals surface area contributed by atoms with Crippen molar-refractivity contribution in [1.82, 2.24) is 9.88 Å². The first-order valence-corrected chi connectivity index (χ1v) is 6.85. The number of likely N-dealkylation sites (N-methyl/N-ethyl adjacent to an activating group) is 1. The molecule has 2 rings (SSSR count). The quantitative estimate of drug-likeness (QED) is 0.909. The second-order valence-corrected chi connectivity index (χ2v) is 5.80. The molecule has 100 valence electrons. The van der Waals surface area contributed by atoms with Gasteiger partial charge >= 0.3 is 0 Å². The van der Waals surface area contributed by atoms with Gasteiger partial charge in [-0.2, -0.15) is 0 Å². The summed E-state index contributed by atoms with van der Waals surface area (Å²) in [5.74, 6) is -0.338. The Morgan fingerprint density at radius 3 is 2.63 bits per heavy atom. The smallest absolute Gasteiger partial charge is 0.239 e. The Labute approximate surface area is 116 Å². The number of hydrogen-bond acceptors (Lipinski definition) is 4. The zero-order valence-electron chi connectivity index (χ0n) is 11.0. The number of aryl methyl sites for hydroxylation is 1. The summed E-state index contributed by atoms with van der Waals surface area (Å²) in [6, 6.07) is 9.18. The van der Waals surface area contributed by atoms with E-state index in [9.17, 15) is 4.79 Å². The summed E-state index contributed by atoms with van der Waals surface area (Å²) in [5, 5.41) is 1.03. The van der Waals surface area contributed by atoms with E-state index in [0.29, 0.717) is 6.54 Å². The van der Waals surface area contributed by atoms with Gasteiger partial charge in [-0.25, -0.2) is 4.98 Å². The fraction of sp³-hybridized carbons (Fsp3) is 0.286.